The van der Waals surface area contributed by atoms with Crippen LogP contribution in [0.15, 0.2) is 0 Å². The zero-order valence-electron chi connectivity index (χ0n) is 12.1. The van der Waals surface area contributed by atoms with E-state index in [9.17, 15) is 0 Å². The largest absolute Gasteiger partial charge is 0.329 e. The van der Waals surface area contributed by atoms with Crippen LogP contribution in [0.2, 0.25) is 0 Å². The van der Waals surface area contributed by atoms with Crippen molar-refractivity contribution in [1.82, 2.24) is 4.90 Å². The van der Waals surface area contributed by atoms with E-state index < -0.39 is 0 Å². The normalized spacial score (nSPS) is 20.8. The van der Waals surface area contributed by atoms with E-state index in [2.05, 4.69) is 25.8 Å². The Kier molecular flexibility index (Phi) is 7.14. The predicted molar refractivity (Wildman–Crippen MR) is 76.2 cm³/mol. The molecule has 102 valence electrons. The highest BCUT2D eigenvalue weighted by Gasteiger charge is 2.27. The van der Waals surface area contributed by atoms with E-state index in [0.717, 1.165) is 18.5 Å². The maximum Gasteiger partial charge on any atom is 0.0246 e. The third-order valence-corrected chi connectivity index (χ3v) is 4.76. The zero-order chi connectivity index (χ0) is 12.7. The van der Waals surface area contributed by atoms with Gasteiger partial charge in [-0.05, 0) is 25.8 Å². The van der Waals surface area contributed by atoms with Gasteiger partial charge in [-0.25, -0.2) is 0 Å². The molecule has 0 aromatic rings. The molecule has 0 saturated heterocycles. The molecular formula is C15H32N2. The molecule has 1 unspecified atom stereocenters. The van der Waals surface area contributed by atoms with Gasteiger partial charge < -0.3 is 5.73 Å². The quantitative estimate of drug-likeness (QED) is 0.721. The smallest absolute Gasteiger partial charge is 0.0246 e. The van der Waals surface area contributed by atoms with Gasteiger partial charge in [-0.15, -0.1) is 0 Å². The molecule has 1 rings (SSSR count). The van der Waals surface area contributed by atoms with E-state index in [1.165, 1.54) is 51.4 Å². The molecule has 17 heavy (non-hydrogen) atoms. The fourth-order valence-electron chi connectivity index (χ4n) is 3.46. The Hall–Kier alpha value is -0.0800. The lowest BCUT2D eigenvalue weighted by Crippen LogP contribution is -2.48. The van der Waals surface area contributed by atoms with Crippen LogP contribution in [0.3, 0.4) is 0 Å². The highest BCUT2D eigenvalue weighted by molar-refractivity contribution is 4.83. The Bertz CT molecular complexity index is 181. The van der Waals surface area contributed by atoms with Crippen molar-refractivity contribution in [3.63, 3.8) is 0 Å². The lowest BCUT2D eigenvalue weighted by molar-refractivity contribution is 0.112. The third kappa shape index (κ3) is 4.26. The molecule has 0 aromatic carbocycles. The van der Waals surface area contributed by atoms with Gasteiger partial charge in [0.25, 0.3) is 0 Å². The van der Waals surface area contributed by atoms with E-state index in [1.807, 2.05) is 0 Å². The Morgan fingerprint density at radius 1 is 1.06 bits per heavy atom. The van der Waals surface area contributed by atoms with Gasteiger partial charge in [-0.3, -0.25) is 4.90 Å². The van der Waals surface area contributed by atoms with E-state index in [1.54, 1.807) is 0 Å². The van der Waals surface area contributed by atoms with Crippen molar-refractivity contribution < 1.29 is 0 Å². The third-order valence-electron chi connectivity index (χ3n) is 4.76. The number of rotatable bonds is 6. The maximum atomic E-state index is 6.03. The maximum absolute atomic E-state index is 6.03. The first-order valence-corrected chi connectivity index (χ1v) is 7.66. The van der Waals surface area contributed by atoms with Crippen LogP contribution in [0.5, 0.6) is 0 Å². The SMILES string of the molecule is CCC(CC)C(CN)N(C)C1CCCCCC1. The van der Waals surface area contributed by atoms with Gasteiger partial charge in [0.1, 0.15) is 0 Å². The van der Waals surface area contributed by atoms with Crippen molar-refractivity contribution in [3.8, 4) is 0 Å². The van der Waals surface area contributed by atoms with Gasteiger partial charge in [-0.1, -0.05) is 52.4 Å². The summed E-state index contributed by atoms with van der Waals surface area (Å²) in [5.74, 6) is 0.772. The van der Waals surface area contributed by atoms with Crippen LogP contribution >= 0.6 is 0 Å². The van der Waals surface area contributed by atoms with Crippen LogP contribution in [0.4, 0.5) is 0 Å². The highest BCUT2D eigenvalue weighted by Crippen LogP contribution is 2.26. The van der Waals surface area contributed by atoms with Crippen molar-refractivity contribution in [1.29, 1.82) is 0 Å². The molecule has 0 amide bonds. The number of nitrogens with zero attached hydrogens (tertiary/aromatic N) is 1. The first kappa shape index (κ1) is 15.0. The summed E-state index contributed by atoms with van der Waals surface area (Å²) in [4.78, 5) is 2.61. The molecule has 0 bridgehead atoms. The van der Waals surface area contributed by atoms with Crippen molar-refractivity contribution in [2.24, 2.45) is 11.7 Å². The molecule has 1 aliphatic carbocycles. The van der Waals surface area contributed by atoms with Crippen molar-refractivity contribution in [2.75, 3.05) is 13.6 Å². The topological polar surface area (TPSA) is 29.3 Å². The summed E-state index contributed by atoms with van der Waals surface area (Å²) in [5, 5.41) is 0. The standard InChI is InChI=1S/C15H32N2/c1-4-13(5-2)15(12-16)17(3)14-10-8-6-7-9-11-14/h13-15H,4-12,16H2,1-3H3. The molecule has 2 heteroatoms. The summed E-state index contributed by atoms with van der Waals surface area (Å²) in [6.07, 6.45) is 11.0. The molecule has 2 nitrogen and oxygen atoms in total. The van der Waals surface area contributed by atoms with Gasteiger partial charge in [0.15, 0.2) is 0 Å². The summed E-state index contributed by atoms with van der Waals surface area (Å²) in [6.45, 7) is 5.43. The van der Waals surface area contributed by atoms with Gasteiger partial charge in [-0.2, -0.15) is 0 Å². The fourth-order valence-corrected chi connectivity index (χ4v) is 3.46. The average molecular weight is 240 g/mol. The number of hydrogen-bond acceptors (Lipinski definition) is 2. The minimum Gasteiger partial charge on any atom is -0.329 e. The second-order valence-electron chi connectivity index (χ2n) is 5.69. The van der Waals surface area contributed by atoms with E-state index in [0.29, 0.717) is 6.04 Å². The van der Waals surface area contributed by atoms with Crippen LogP contribution in [-0.4, -0.2) is 30.6 Å². The van der Waals surface area contributed by atoms with Crippen LogP contribution in [0, 0.1) is 5.92 Å². The van der Waals surface area contributed by atoms with E-state index in [-0.39, 0.29) is 0 Å². The molecule has 2 N–H and O–H groups in total. The molecule has 1 aliphatic rings. The summed E-state index contributed by atoms with van der Waals surface area (Å²) in [6, 6.07) is 1.37. The number of hydrogen-bond donors (Lipinski definition) is 1. The van der Waals surface area contributed by atoms with Crippen molar-refractivity contribution >= 4 is 0 Å². The summed E-state index contributed by atoms with van der Waals surface area (Å²) >= 11 is 0. The summed E-state index contributed by atoms with van der Waals surface area (Å²) < 4.78 is 0. The fraction of sp³-hybridized carbons (Fsp3) is 1.00. The molecule has 1 saturated carbocycles. The molecule has 1 fully saturated rings. The molecule has 0 aromatic heterocycles. The summed E-state index contributed by atoms with van der Waals surface area (Å²) in [7, 11) is 2.31. The highest BCUT2D eigenvalue weighted by atomic mass is 15.2. The Labute approximate surface area is 108 Å². The summed E-state index contributed by atoms with van der Waals surface area (Å²) in [5.41, 5.74) is 6.03. The zero-order valence-corrected chi connectivity index (χ0v) is 12.1. The molecule has 0 radical (unpaired) electrons. The van der Waals surface area contributed by atoms with Crippen LogP contribution < -0.4 is 5.73 Å². The van der Waals surface area contributed by atoms with E-state index in [4.69, 9.17) is 5.73 Å². The Morgan fingerprint density at radius 2 is 1.59 bits per heavy atom. The van der Waals surface area contributed by atoms with Crippen LogP contribution in [0.1, 0.15) is 65.2 Å². The molecule has 0 aliphatic heterocycles. The predicted octanol–water partition coefficient (Wildman–Crippen LogP) is 3.40. The Balaban J connectivity index is 2.59. The van der Waals surface area contributed by atoms with Gasteiger partial charge in [0, 0.05) is 18.6 Å². The molecule has 0 heterocycles. The minimum absolute atomic E-state index is 0.591. The Morgan fingerprint density at radius 3 is 2.00 bits per heavy atom. The van der Waals surface area contributed by atoms with Crippen molar-refractivity contribution in [3.05, 3.63) is 0 Å². The minimum atomic E-state index is 0.591. The van der Waals surface area contributed by atoms with Crippen LogP contribution in [-0.2, 0) is 0 Å². The lowest BCUT2D eigenvalue weighted by Gasteiger charge is -2.38. The van der Waals surface area contributed by atoms with Crippen molar-refractivity contribution in [2.45, 2.75) is 77.3 Å². The monoisotopic (exact) mass is 240 g/mol. The number of nitrogens with two attached hydrogens (primary N) is 1. The number of likely N-dealkylation sites (N-methyl/N-ethyl adjacent to an activating group) is 1. The van der Waals surface area contributed by atoms with Crippen LogP contribution in [0.25, 0.3) is 0 Å². The first-order chi connectivity index (χ1) is 8.24. The van der Waals surface area contributed by atoms with Gasteiger partial charge in [0.05, 0.1) is 0 Å². The first-order valence-electron chi connectivity index (χ1n) is 7.66. The van der Waals surface area contributed by atoms with E-state index >= 15 is 0 Å². The molecule has 1 atom stereocenters. The second kappa shape index (κ2) is 8.10. The lowest BCUT2D eigenvalue weighted by atomic mass is 9.91. The average Bonchev–Trinajstić information content (AvgIpc) is 2.63. The van der Waals surface area contributed by atoms with Gasteiger partial charge >= 0.3 is 0 Å². The van der Waals surface area contributed by atoms with Gasteiger partial charge in [0.2, 0.25) is 0 Å². The molecular weight excluding hydrogens is 208 g/mol. The second-order valence-corrected chi connectivity index (χ2v) is 5.69. The molecule has 0 spiro atoms.